The highest BCUT2D eigenvalue weighted by molar-refractivity contribution is 6.12. The molecule has 13 aromatic rings. The molecule has 0 fully saturated rings. The van der Waals surface area contributed by atoms with Crippen LogP contribution in [0.5, 0.6) is 0 Å². The molecule has 16 rings (SSSR count). The number of nitrogens with zero attached hydrogens (tertiary/aromatic N) is 4. The highest BCUT2D eigenvalue weighted by Crippen LogP contribution is 2.65. The predicted molar refractivity (Wildman–Crippen MR) is 262 cm³/mol. The highest BCUT2D eigenvalue weighted by atomic mass is 16.3. The molecule has 0 unspecified atom stereocenters. The molecule has 0 radical (unpaired) electrons. The first-order valence-electron chi connectivity index (χ1n) is 22.4. The van der Waals surface area contributed by atoms with Crippen molar-refractivity contribution < 1.29 is 8.83 Å². The van der Waals surface area contributed by atoms with Gasteiger partial charge in [-0.1, -0.05) is 170 Å². The Bertz CT molecular complexity index is 3800. The zero-order valence-corrected chi connectivity index (χ0v) is 35.2. The fraction of sp³-hybridized carbons (Fsp3) is 0.0333. The molecule has 0 amide bonds. The Morgan fingerprint density at radius 3 is 0.985 bits per heavy atom. The quantitative estimate of drug-likeness (QED) is 0.176. The molecule has 4 aromatic heterocycles. The molecule has 6 heteroatoms. The number of benzene rings is 9. The summed E-state index contributed by atoms with van der Waals surface area (Å²) in [6.45, 7) is 0. The first kappa shape index (κ1) is 35.7. The van der Waals surface area contributed by atoms with Crippen molar-refractivity contribution >= 4 is 65.7 Å². The van der Waals surface area contributed by atoms with E-state index in [9.17, 15) is 0 Å². The summed E-state index contributed by atoms with van der Waals surface area (Å²) >= 11 is 0. The van der Waals surface area contributed by atoms with E-state index in [1.165, 1.54) is 0 Å². The lowest BCUT2D eigenvalue weighted by molar-refractivity contribution is 0.521. The van der Waals surface area contributed by atoms with Gasteiger partial charge in [0.2, 0.25) is 0 Å². The molecule has 0 saturated heterocycles. The minimum atomic E-state index is -0.905. The van der Waals surface area contributed by atoms with Crippen LogP contribution in [0.2, 0.25) is 0 Å². The number of para-hydroxylation sites is 2. The Hall–Kier alpha value is -8.74. The summed E-state index contributed by atoms with van der Waals surface area (Å²) in [6, 6.07) is 72.6. The Kier molecular flexibility index (Phi) is 6.99. The van der Waals surface area contributed by atoms with E-state index in [-0.39, 0.29) is 0 Å². The average Bonchev–Trinajstić information content (AvgIpc) is 3.94. The molecule has 2 bridgehead atoms. The van der Waals surface area contributed by atoms with Crippen molar-refractivity contribution in [3.63, 3.8) is 0 Å². The number of hydrogen-bond acceptors (Lipinski definition) is 6. The van der Waals surface area contributed by atoms with Gasteiger partial charge in [-0.25, -0.2) is 19.9 Å². The van der Waals surface area contributed by atoms with E-state index in [1.54, 1.807) is 0 Å². The van der Waals surface area contributed by atoms with Crippen LogP contribution in [0.15, 0.2) is 215 Å². The molecular weight excluding hydrogens is 809 g/mol. The van der Waals surface area contributed by atoms with E-state index in [4.69, 9.17) is 28.8 Å². The van der Waals surface area contributed by atoms with Crippen LogP contribution < -0.4 is 0 Å². The summed E-state index contributed by atoms with van der Waals surface area (Å²) in [4.78, 5) is 23.0. The van der Waals surface area contributed by atoms with Gasteiger partial charge in [-0.2, -0.15) is 0 Å². The Morgan fingerprint density at radius 1 is 0.273 bits per heavy atom. The lowest BCUT2D eigenvalue weighted by Crippen LogP contribution is -2.53. The van der Waals surface area contributed by atoms with Crippen LogP contribution in [0, 0.1) is 0 Å². The Labute approximate surface area is 377 Å². The maximum Gasteiger partial charge on any atom is 0.149 e. The minimum Gasteiger partial charge on any atom is -0.456 e. The van der Waals surface area contributed by atoms with Gasteiger partial charge in [-0.3, -0.25) is 0 Å². The molecule has 306 valence electrons. The maximum atomic E-state index is 6.47. The van der Waals surface area contributed by atoms with E-state index < -0.39 is 10.8 Å². The molecule has 3 aliphatic carbocycles. The molecule has 0 spiro atoms. The standard InChI is InChI=1S/C60H34N4O2/c1-3-17-35(18-4-1)55-41-33-53-39(37-21-7-15-29-51(37)65-53)31-49(41)61-57(63-55)59-43-23-9-12-26-46(43)60(47-27-13-10-24-44(47)59,48-28-14-11-25-45(48)59)58-62-50-32-40-38-22-8-16-30-52(38)66-54(40)34-42(50)56(64-58)36-19-5-2-6-20-36/h1-34H. The van der Waals surface area contributed by atoms with Crippen LogP contribution in [0.25, 0.3) is 88.2 Å². The molecule has 0 atom stereocenters. The van der Waals surface area contributed by atoms with E-state index in [1.807, 2.05) is 36.4 Å². The molecule has 0 saturated carbocycles. The SMILES string of the molecule is c1ccc(-c2nc(C34c5ccccc5C(c5nc(-c6ccccc6)c6cc7oc8ccccc8c7cc6n5)(c5ccccc53)c3ccccc34)nc3cc4c(cc23)oc2ccccc24)cc1. The van der Waals surface area contributed by atoms with Gasteiger partial charge >= 0.3 is 0 Å². The van der Waals surface area contributed by atoms with E-state index in [2.05, 4.69) is 170 Å². The number of rotatable bonds is 4. The van der Waals surface area contributed by atoms with Crippen molar-refractivity contribution in [3.05, 3.63) is 251 Å². The van der Waals surface area contributed by atoms with Gasteiger partial charge in [0.15, 0.2) is 0 Å². The van der Waals surface area contributed by atoms with E-state index in [0.29, 0.717) is 11.6 Å². The summed E-state index contributed by atoms with van der Waals surface area (Å²) in [7, 11) is 0. The van der Waals surface area contributed by atoms with Crippen LogP contribution in [-0.4, -0.2) is 19.9 Å². The fourth-order valence-corrected chi connectivity index (χ4v) is 11.7. The normalized spacial score (nSPS) is 17.2. The lowest BCUT2D eigenvalue weighted by atomic mass is 9.46. The predicted octanol–water partition coefficient (Wildman–Crippen LogP) is 14.1. The smallest absolute Gasteiger partial charge is 0.149 e. The molecule has 6 nitrogen and oxygen atoms in total. The number of fused-ring (bicyclic) bond motifs is 8. The summed E-state index contributed by atoms with van der Waals surface area (Å²) in [5.41, 5.74) is 13.6. The highest BCUT2D eigenvalue weighted by Gasteiger charge is 2.62. The number of hydrogen-bond donors (Lipinski definition) is 0. The fourth-order valence-electron chi connectivity index (χ4n) is 11.7. The van der Waals surface area contributed by atoms with Crippen molar-refractivity contribution in [1.82, 2.24) is 19.9 Å². The summed E-state index contributed by atoms with van der Waals surface area (Å²) in [6.07, 6.45) is 0. The van der Waals surface area contributed by atoms with Crippen LogP contribution in [-0.2, 0) is 10.8 Å². The second kappa shape index (κ2) is 12.9. The van der Waals surface area contributed by atoms with Crippen molar-refractivity contribution in [2.75, 3.05) is 0 Å². The van der Waals surface area contributed by atoms with Crippen LogP contribution in [0.1, 0.15) is 45.0 Å². The van der Waals surface area contributed by atoms with Crippen LogP contribution in [0.4, 0.5) is 0 Å². The summed E-state index contributed by atoms with van der Waals surface area (Å²) < 4.78 is 12.9. The zero-order valence-electron chi connectivity index (χ0n) is 35.2. The molecule has 0 N–H and O–H groups in total. The topological polar surface area (TPSA) is 77.8 Å². The maximum absolute atomic E-state index is 6.47. The van der Waals surface area contributed by atoms with Crippen molar-refractivity contribution in [3.8, 4) is 22.5 Å². The summed E-state index contributed by atoms with van der Waals surface area (Å²) in [5, 5.41) is 6.02. The van der Waals surface area contributed by atoms with Gasteiger partial charge in [0.1, 0.15) is 44.8 Å². The van der Waals surface area contributed by atoms with Gasteiger partial charge in [0, 0.05) is 43.4 Å². The van der Waals surface area contributed by atoms with Gasteiger partial charge in [-0.05, 0) is 69.8 Å². The molecule has 0 aliphatic heterocycles. The Balaban J connectivity index is 1.08. The van der Waals surface area contributed by atoms with Gasteiger partial charge in [-0.15, -0.1) is 0 Å². The first-order valence-corrected chi connectivity index (χ1v) is 22.4. The zero-order chi connectivity index (χ0) is 43.1. The Morgan fingerprint density at radius 2 is 0.606 bits per heavy atom. The number of furan rings is 2. The summed E-state index contributed by atoms with van der Waals surface area (Å²) in [5.74, 6) is 1.42. The van der Waals surface area contributed by atoms with E-state index >= 15 is 0 Å². The molecule has 3 aliphatic rings. The first-order chi connectivity index (χ1) is 32.7. The average molecular weight is 843 g/mol. The third kappa shape index (κ3) is 4.49. The third-order valence-electron chi connectivity index (χ3n) is 14.4. The third-order valence-corrected chi connectivity index (χ3v) is 14.4. The molecule has 9 aromatic carbocycles. The van der Waals surface area contributed by atoms with Crippen molar-refractivity contribution in [2.24, 2.45) is 0 Å². The van der Waals surface area contributed by atoms with E-state index in [0.717, 1.165) is 122 Å². The van der Waals surface area contributed by atoms with Crippen molar-refractivity contribution in [1.29, 1.82) is 0 Å². The van der Waals surface area contributed by atoms with Gasteiger partial charge < -0.3 is 8.83 Å². The monoisotopic (exact) mass is 842 g/mol. The second-order valence-electron chi connectivity index (χ2n) is 17.6. The minimum absolute atomic E-state index is 0.709. The molecule has 4 heterocycles. The van der Waals surface area contributed by atoms with Crippen LogP contribution in [0.3, 0.4) is 0 Å². The largest absolute Gasteiger partial charge is 0.456 e. The number of aromatic nitrogens is 4. The molecule has 66 heavy (non-hydrogen) atoms. The van der Waals surface area contributed by atoms with Crippen LogP contribution >= 0.6 is 0 Å². The van der Waals surface area contributed by atoms with Crippen molar-refractivity contribution in [2.45, 2.75) is 10.8 Å². The van der Waals surface area contributed by atoms with Gasteiger partial charge in [0.05, 0.1) is 22.4 Å². The van der Waals surface area contributed by atoms with Gasteiger partial charge in [0.25, 0.3) is 0 Å². The molecular formula is C60H34N4O2. The second-order valence-corrected chi connectivity index (χ2v) is 17.6. The lowest BCUT2D eigenvalue weighted by Gasteiger charge is -2.55.